The van der Waals surface area contributed by atoms with Crippen LogP contribution in [0, 0.1) is 6.92 Å². The molecule has 1 aliphatic rings. The number of rotatable bonds is 5. The molecule has 0 spiro atoms. The van der Waals surface area contributed by atoms with Crippen LogP contribution in [-0.4, -0.2) is 52.8 Å². The smallest absolute Gasteiger partial charge is 0.217 e. The molecule has 4 rings (SSSR count). The first-order chi connectivity index (χ1) is 14.4. The normalized spacial score (nSPS) is 17.2. The molecule has 152 valence electrons. The van der Waals surface area contributed by atoms with Gasteiger partial charge in [-0.2, -0.15) is 0 Å². The number of carbonyl (C=O) groups is 1. The fourth-order valence-corrected chi connectivity index (χ4v) is 3.80. The van der Waals surface area contributed by atoms with Crippen molar-refractivity contribution in [3.63, 3.8) is 0 Å². The van der Waals surface area contributed by atoms with Gasteiger partial charge in [-0.05, 0) is 31.9 Å². The third-order valence-electron chi connectivity index (χ3n) is 5.23. The van der Waals surface area contributed by atoms with Gasteiger partial charge in [0.05, 0.1) is 17.8 Å². The van der Waals surface area contributed by atoms with E-state index in [1.807, 2.05) is 26.0 Å². The fourth-order valence-electron chi connectivity index (χ4n) is 3.80. The van der Waals surface area contributed by atoms with Crippen LogP contribution in [0.5, 0.6) is 0 Å². The second-order valence-electron chi connectivity index (χ2n) is 7.73. The summed E-state index contributed by atoms with van der Waals surface area (Å²) in [7, 11) is 5.88. The van der Waals surface area contributed by atoms with Gasteiger partial charge in [-0.1, -0.05) is 11.5 Å². The van der Waals surface area contributed by atoms with Crippen molar-refractivity contribution in [3.8, 4) is 0 Å². The number of aromatic nitrogens is 4. The molecule has 30 heavy (non-hydrogen) atoms. The molecule has 1 fully saturated rings. The molecular weight excluding hydrogens is 377 g/mol. The van der Waals surface area contributed by atoms with Gasteiger partial charge in [0.1, 0.15) is 25.3 Å². The Morgan fingerprint density at radius 1 is 1.27 bits per heavy atom. The summed E-state index contributed by atoms with van der Waals surface area (Å²) in [5, 5.41) is 7.36. The van der Waals surface area contributed by atoms with E-state index in [9.17, 15) is 4.79 Å². The molecule has 3 aromatic rings. The summed E-state index contributed by atoms with van der Waals surface area (Å²) >= 11 is 0. The highest BCUT2D eigenvalue weighted by atomic mass is 16.1. The average molecular weight is 401 g/mol. The van der Waals surface area contributed by atoms with Gasteiger partial charge >= 0.3 is 0 Å². The van der Waals surface area contributed by atoms with Crippen LogP contribution >= 0.6 is 0 Å². The van der Waals surface area contributed by atoms with Crippen molar-refractivity contribution in [2.24, 2.45) is 0 Å². The molecule has 1 amide bonds. The van der Waals surface area contributed by atoms with Crippen molar-refractivity contribution in [2.45, 2.75) is 39.3 Å². The van der Waals surface area contributed by atoms with Gasteiger partial charge in [0.25, 0.3) is 0 Å². The van der Waals surface area contributed by atoms with Gasteiger partial charge in [0.2, 0.25) is 5.91 Å². The van der Waals surface area contributed by atoms with Gasteiger partial charge in [-0.3, -0.25) is 9.78 Å². The van der Waals surface area contributed by atoms with Crippen molar-refractivity contribution in [2.75, 3.05) is 23.3 Å². The zero-order valence-electron chi connectivity index (χ0n) is 17.4. The molecule has 1 aliphatic heterocycles. The Kier molecular flexibility index (Phi) is 5.52. The van der Waals surface area contributed by atoms with E-state index in [1.54, 1.807) is 25.5 Å². The first-order valence-corrected chi connectivity index (χ1v) is 10.0. The number of hydrogen-bond acceptors (Lipinski definition) is 7. The molecule has 0 bridgehead atoms. The Labute approximate surface area is 177 Å². The molecule has 0 aliphatic carbocycles. The molecule has 4 heterocycles. The van der Waals surface area contributed by atoms with Crippen LogP contribution < -0.4 is 21.0 Å². The Bertz CT molecular complexity index is 1090. The lowest BCUT2D eigenvalue weighted by molar-refractivity contribution is -0.119. The van der Waals surface area contributed by atoms with Crippen LogP contribution in [0.25, 0.3) is 10.9 Å². The summed E-state index contributed by atoms with van der Waals surface area (Å²) in [5.74, 6) is 2.26. The van der Waals surface area contributed by atoms with E-state index in [0.29, 0.717) is 11.3 Å². The van der Waals surface area contributed by atoms with E-state index in [2.05, 4.69) is 35.5 Å². The summed E-state index contributed by atoms with van der Waals surface area (Å²) in [6, 6.07) is 4.02. The van der Waals surface area contributed by atoms with E-state index in [0.717, 1.165) is 47.6 Å². The van der Waals surface area contributed by atoms with E-state index >= 15 is 0 Å². The maximum atomic E-state index is 11.4. The number of pyridine rings is 2. The zero-order valence-corrected chi connectivity index (χ0v) is 17.4. The SMILES string of the molecule is [B]c1cncc([C@@H](C)Nc2nc(C)nc3cnc(N4CC[C@@H](NC(C)=O)C4)cc23)c1. The van der Waals surface area contributed by atoms with Crippen molar-refractivity contribution < 1.29 is 4.79 Å². The number of aryl methyl sites for hydroxylation is 1. The first-order valence-electron chi connectivity index (χ1n) is 10.0. The highest BCUT2D eigenvalue weighted by molar-refractivity contribution is 6.32. The Morgan fingerprint density at radius 2 is 2.10 bits per heavy atom. The summed E-state index contributed by atoms with van der Waals surface area (Å²) in [4.78, 5) is 31.5. The number of anilines is 2. The molecular formula is C21H24BN7O. The number of carbonyl (C=O) groups excluding carboxylic acids is 1. The fraction of sp³-hybridized carbons (Fsp3) is 0.381. The molecule has 2 atom stereocenters. The van der Waals surface area contributed by atoms with Crippen molar-refractivity contribution >= 4 is 41.8 Å². The molecule has 3 aromatic heterocycles. The minimum absolute atomic E-state index is 0.00583. The average Bonchev–Trinajstić information content (AvgIpc) is 3.15. The lowest BCUT2D eigenvalue weighted by Crippen LogP contribution is -2.35. The predicted molar refractivity (Wildman–Crippen MR) is 118 cm³/mol. The number of amides is 1. The summed E-state index contributed by atoms with van der Waals surface area (Å²) in [6.07, 6.45) is 6.10. The van der Waals surface area contributed by atoms with Gasteiger partial charge in [-0.15, -0.1) is 0 Å². The Morgan fingerprint density at radius 3 is 2.87 bits per heavy atom. The minimum Gasteiger partial charge on any atom is -0.363 e. The van der Waals surface area contributed by atoms with Crippen molar-refractivity contribution in [1.29, 1.82) is 0 Å². The maximum Gasteiger partial charge on any atom is 0.217 e. The summed E-state index contributed by atoms with van der Waals surface area (Å²) in [5.41, 5.74) is 2.38. The van der Waals surface area contributed by atoms with Crippen LogP contribution in [0.15, 0.2) is 30.7 Å². The third kappa shape index (κ3) is 4.34. The van der Waals surface area contributed by atoms with Crippen LogP contribution in [-0.2, 0) is 4.79 Å². The monoisotopic (exact) mass is 401 g/mol. The lowest BCUT2D eigenvalue weighted by Gasteiger charge is -2.20. The molecule has 0 unspecified atom stereocenters. The molecule has 9 heteroatoms. The quantitative estimate of drug-likeness (QED) is 0.624. The van der Waals surface area contributed by atoms with Crippen LogP contribution in [0.2, 0.25) is 0 Å². The second kappa shape index (κ2) is 8.26. The number of nitrogens with one attached hydrogen (secondary N) is 2. The van der Waals surface area contributed by atoms with Crippen molar-refractivity contribution in [3.05, 3.63) is 42.1 Å². The summed E-state index contributed by atoms with van der Waals surface area (Å²) in [6.45, 7) is 7.03. The van der Waals surface area contributed by atoms with E-state index in [4.69, 9.17) is 7.85 Å². The maximum absolute atomic E-state index is 11.4. The topological polar surface area (TPSA) is 95.9 Å². The number of hydrogen-bond donors (Lipinski definition) is 2. The van der Waals surface area contributed by atoms with Gasteiger partial charge in [0.15, 0.2) is 0 Å². The molecule has 0 aromatic carbocycles. The molecule has 1 saturated heterocycles. The number of nitrogens with zero attached hydrogens (tertiary/aromatic N) is 5. The molecule has 8 nitrogen and oxygen atoms in total. The van der Waals surface area contributed by atoms with Gasteiger partial charge in [0, 0.05) is 43.8 Å². The third-order valence-corrected chi connectivity index (χ3v) is 5.23. The zero-order chi connectivity index (χ0) is 21.3. The largest absolute Gasteiger partial charge is 0.363 e. The standard InChI is InChI=1S/C21H24BN7O/c1-12(15-6-16(22)9-23-8-15)25-21-18-7-20(24-10-19(18)26-13(2)27-21)29-5-4-17(11-29)28-14(3)30/h6-10,12,17H,4-5,11H2,1-3H3,(H,28,30)(H,25,26,27)/t12-,17-/m1/s1. The first kappa shape index (κ1) is 20.1. The van der Waals surface area contributed by atoms with E-state index in [1.165, 1.54) is 0 Å². The van der Waals surface area contributed by atoms with E-state index < -0.39 is 0 Å². The Hall–Kier alpha value is -3.23. The molecule has 2 radical (unpaired) electrons. The van der Waals surface area contributed by atoms with Gasteiger partial charge in [-0.25, -0.2) is 15.0 Å². The van der Waals surface area contributed by atoms with E-state index in [-0.39, 0.29) is 18.0 Å². The second-order valence-corrected chi connectivity index (χ2v) is 7.73. The lowest BCUT2D eigenvalue weighted by atomic mass is 9.95. The van der Waals surface area contributed by atoms with Gasteiger partial charge < -0.3 is 15.5 Å². The highest BCUT2D eigenvalue weighted by Crippen LogP contribution is 2.28. The molecule has 0 saturated carbocycles. The van der Waals surface area contributed by atoms with Crippen LogP contribution in [0.3, 0.4) is 0 Å². The molecule has 2 N–H and O–H groups in total. The number of fused-ring (bicyclic) bond motifs is 1. The van der Waals surface area contributed by atoms with Crippen LogP contribution in [0.1, 0.15) is 37.7 Å². The Balaban J connectivity index is 1.63. The minimum atomic E-state index is -0.0361. The highest BCUT2D eigenvalue weighted by Gasteiger charge is 2.24. The predicted octanol–water partition coefficient (Wildman–Crippen LogP) is 1.41. The van der Waals surface area contributed by atoms with Crippen molar-refractivity contribution in [1.82, 2.24) is 25.3 Å². The van der Waals surface area contributed by atoms with Crippen LogP contribution in [0.4, 0.5) is 11.6 Å². The summed E-state index contributed by atoms with van der Waals surface area (Å²) < 4.78 is 0.